The fraction of sp³-hybridized carbons (Fsp3) is 0.100. The van der Waals surface area contributed by atoms with Gasteiger partial charge in [-0.15, -0.1) is 21.5 Å². The first-order valence-corrected chi connectivity index (χ1v) is 10.2. The fourth-order valence-corrected chi connectivity index (χ4v) is 4.19. The molecule has 1 aromatic carbocycles. The van der Waals surface area contributed by atoms with Gasteiger partial charge in [-0.25, -0.2) is 0 Å². The van der Waals surface area contributed by atoms with Crippen LogP contribution in [0.2, 0.25) is 0 Å². The van der Waals surface area contributed by atoms with E-state index < -0.39 is 0 Å². The molecule has 3 heterocycles. The van der Waals surface area contributed by atoms with E-state index in [1.807, 2.05) is 48.5 Å². The number of nitrogens with zero attached hydrogens (tertiary/aromatic N) is 5. The molecule has 0 bridgehead atoms. The maximum atomic E-state index is 8.92. The van der Waals surface area contributed by atoms with Crippen molar-refractivity contribution >= 4 is 23.1 Å². The molecule has 132 valence electrons. The average Bonchev–Trinajstić information content (AvgIpc) is 3.38. The zero-order valence-electron chi connectivity index (χ0n) is 14.3. The maximum absolute atomic E-state index is 8.92. The van der Waals surface area contributed by atoms with Crippen molar-refractivity contribution in [3.8, 4) is 17.6 Å². The summed E-state index contributed by atoms with van der Waals surface area (Å²) in [5, 5.41) is 20.7. The maximum Gasteiger partial charge on any atom is 0.192 e. The van der Waals surface area contributed by atoms with Gasteiger partial charge in [-0.05, 0) is 41.3 Å². The number of benzene rings is 1. The Hall–Kier alpha value is -2.95. The molecule has 0 aliphatic rings. The second-order valence-electron chi connectivity index (χ2n) is 5.78. The number of thioether (sulfide) groups is 1. The van der Waals surface area contributed by atoms with Crippen LogP contribution in [0, 0.1) is 11.3 Å². The van der Waals surface area contributed by atoms with E-state index in [-0.39, 0.29) is 0 Å². The van der Waals surface area contributed by atoms with Gasteiger partial charge in [-0.3, -0.25) is 9.55 Å². The van der Waals surface area contributed by atoms with Crippen LogP contribution in [0.5, 0.6) is 0 Å². The van der Waals surface area contributed by atoms with Gasteiger partial charge < -0.3 is 0 Å². The lowest BCUT2D eigenvalue weighted by atomic mass is 10.2. The molecular formula is C20H15N5S2. The first-order valence-electron chi connectivity index (χ1n) is 8.32. The minimum Gasteiger partial charge on any atom is -0.295 e. The van der Waals surface area contributed by atoms with Gasteiger partial charge in [-0.2, -0.15) is 5.26 Å². The van der Waals surface area contributed by atoms with Crippen molar-refractivity contribution in [1.29, 1.82) is 5.26 Å². The summed E-state index contributed by atoms with van der Waals surface area (Å²) >= 11 is 3.35. The minimum atomic E-state index is 0.669. The monoisotopic (exact) mass is 389 g/mol. The Kier molecular flexibility index (Phi) is 5.28. The number of thiophene rings is 1. The lowest BCUT2D eigenvalue weighted by molar-refractivity contribution is 0.721. The molecular weight excluding hydrogens is 374 g/mol. The summed E-state index contributed by atoms with van der Waals surface area (Å²) in [6, 6.07) is 19.7. The Morgan fingerprint density at radius 1 is 1.04 bits per heavy atom. The lowest BCUT2D eigenvalue weighted by Crippen LogP contribution is -2.03. The number of aromatic nitrogens is 4. The predicted octanol–water partition coefficient (Wildman–Crippen LogP) is 4.61. The second kappa shape index (κ2) is 8.16. The van der Waals surface area contributed by atoms with Crippen molar-refractivity contribution in [2.45, 2.75) is 17.5 Å². The molecule has 5 nitrogen and oxygen atoms in total. The van der Waals surface area contributed by atoms with Crippen molar-refractivity contribution in [3.63, 3.8) is 0 Å². The zero-order chi connectivity index (χ0) is 18.5. The molecule has 4 rings (SSSR count). The van der Waals surface area contributed by atoms with Gasteiger partial charge in [0.1, 0.15) is 5.69 Å². The molecule has 7 heteroatoms. The SMILES string of the molecule is N#Cc1ccc(CSc2nnc(-c3ccccn3)n2Cc2cccs2)cc1. The molecule has 0 saturated heterocycles. The summed E-state index contributed by atoms with van der Waals surface area (Å²) < 4.78 is 2.11. The number of rotatable bonds is 6. The molecule has 0 aliphatic carbocycles. The highest BCUT2D eigenvalue weighted by molar-refractivity contribution is 7.98. The molecule has 0 atom stereocenters. The molecule has 0 fully saturated rings. The Morgan fingerprint density at radius 3 is 2.63 bits per heavy atom. The Morgan fingerprint density at radius 2 is 1.93 bits per heavy atom. The van der Waals surface area contributed by atoms with E-state index in [0.717, 1.165) is 28.0 Å². The van der Waals surface area contributed by atoms with Crippen LogP contribution in [0.25, 0.3) is 11.5 Å². The van der Waals surface area contributed by atoms with Gasteiger partial charge in [-0.1, -0.05) is 36.0 Å². The third kappa shape index (κ3) is 4.08. The van der Waals surface area contributed by atoms with Crippen LogP contribution in [-0.4, -0.2) is 19.7 Å². The predicted molar refractivity (Wildman–Crippen MR) is 107 cm³/mol. The van der Waals surface area contributed by atoms with E-state index >= 15 is 0 Å². The molecule has 3 aromatic heterocycles. The normalized spacial score (nSPS) is 10.6. The van der Waals surface area contributed by atoms with Crippen LogP contribution < -0.4 is 0 Å². The van der Waals surface area contributed by atoms with Crippen molar-refractivity contribution in [1.82, 2.24) is 19.7 Å². The van der Waals surface area contributed by atoms with Crippen molar-refractivity contribution in [2.75, 3.05) is 0 Å². The summed E-state index contributed by atoms with van der Waals surface area (Å²) in [5.41, 5.74) is 2.62. The molecule has 27 heavy (non-hydrogen) atoms. The standard InChI is InChI=1S/C20H15N5S2/c21-12-15-6-8-16(9-7-15)14-27-20-24-23-19(18-5-1-2-10-22-18)25(20)13-17-4-3-11-26-17/h1-11H,13-14H2. The number of pyridine rings is 1. The number of hydrogen-bond acceptors (Lipinski definition) is 6. The van der Waals surface area contributed by atoms with E-state index in [2.05, 4.69) is 37.3 Å². The highest BCUT2D eigenvalue weighted by Gasteiger charge is 2.16. The van der Waals surface area contributed by atoms with Crippen LogP contribution in [-0.2, 0) is 12.3 Å². The highest BCUT2D eigenvalue weighted by atomic mass is 32.2. The summed E-state index contributed by atoms with van der Waals surface area (Å²) in [5.74, 6) is 1.53. The van der Waals surface area contributed by atoms with Gasteiger partial charge >= 0.3 is 0 Å². The van der Waals surface area contributed by atoms with Crippen molar-refractivity contribution in [2.24, 2.45) is 0 Å². The number of nitriles is 1. The summed E-state index contributed by atoms with van der Waals surface area (Å²) in [6.45, 7) is 0.715. The smallest absolute Gasteiger partial charge is 0.192 e. The second-order valence-corrected chi connectivity index (χ2v) is 7.76. The molecule has 0 N–H and O–H groups in total. The Balaban J connectivity index is 1.61. The average molecular weight is 390 g/mol. The fourth-order valence-electron chi connectivity index (χ4n) is 2.60. The van der Waals surface area contributed by atoms with Crippen LogP contribution in [0.15, 0.2) is 71.3 Å². The first kappa shape index (κ1) is 17.5. The summed E-state index contributed by atoms with van der Waals surface area (Å²) in [7, 11) is 0. The lowest BCUT2D eigenvalue weighted by Gasteiger charge is -2.09. The summed E-state index contributed by atoms with van der Waals surface area (Å²) in [4.78, 5) is 5.67. The van der Waals surface area contributed by atoms with Gasteiger partial charge in [0.05, 0.1) is 18.2 Å². The van der Waals surface area contributed by atoms with E-state index in [1.54, 1.807) is 29.3 Å². The van der Waals surface area contributed by atoms with E-state index in [1.165, 1.54) is 4.88 Å². The van der Waals surface area contributed by atoms with Crippen LogP contribution in [0.4, 0.5) is 0 Å². The van der Waals surface area contributed by atoms with Gasteiger partial charge in [0.25, 0.3) is 0 Å². The van der Waals surface area contributed by atoms with Crippen LogP contribution in [0.1, 0.15) is 16.0 Å². The van der Waals surface area contributed by atoms with E-state index in [4.69, 9.17) is 5.26 Å². The largest absolute Gasteiger partial charge is 0.295 e. The van der Waals surface area contributed by atoms with Gasteiger partial charge in [0.15, 0.2) is 11.0 Å². The van der Waals surface area contributed by atoms with Crippen LogP contribution >= 0.6 is 23.1 Å². The van der Waals surface area contributed by atoms with Gasteiger partial charge in [0.2, 0.25) is 0 Å². The first-order chi connectivity index (χ1) is 13.3. The zero-order valence-corrected chi connectivity index (χ0v) is 16.0. The molecule has 4 aromatic rings. The van der Waals surface area contributed by atoms with Gasteiger partial charge in [0, 0.05) is 16.8 Å². The Bertz CT molecular complexity index is 1050. The van der Waals surface area contributed by atoms with E-state index in [0.29, 0.717) is 12.1 Å². The third-order valence-corrected chi connectivity index (χ3v) is 5.85. The van der Waals surface area contributed by atoms with Crippen LogP contribution in [0.3, 0.4) is 0 Å². The minimum absolute atomic E-state index is 0.669. The van der Waals surface area contributed by atoms with E-state index in [9.17, 15) is 0 Å². The molecule has 0 radical (unpaired) electrons. The molecule has 0 amide bonds. The molecule has 0 aliphatic heterocycles. The topological polar surface area (TPSA) is 67.4 Å². The molecule has 0 unspecified atom stereocenters. The van der Waals surface area contributed by atoms with Crippen molar-refractivity contribution < 1.29 is 0 Å². The number of hydrogen-bond donors (Lipinski definition) is 0. The summed E-state index contributed by atoms with van der Waals surface area (Å²) in [6.07, 6.45) is 1.77. The highest BCUT2D eigenvalue weighted by Crippen LogP contribution is 2.27. The third-order valence-electron chi connectivity index (χ3n) is 3.96. The molecule has 0 spiro atoms. The Labute approximate surface area is 165 Å². The molecule has 0 saturated carbocycles. The quantitative estimate of drug-likeness (QED) is 0.450. The van der Waals surface area contributed by atoms with Crippen molar-refractivity contribution in [3.05, 3.63) is 82.2 Å².